The zero-order chi connectivity index (χ0) is 11.1. The zero-order valence-corrected chi connectivity index (χ0v) is 10.2. The maximum atomic E-state index is 13.3. The lowest BCUT2D eigenvalue weighted by atomic mass is 9.95. The first kappa shape index (κ1) is 11.3. The van der Waals surface area contributed by atoms with E-state index in [2.05, 4.69) is 30.6 Å². The Kier molecular flexibility index (Phi) is 3.04. The number of fused-ring (bicyclic) bond motifs is 1. The van der Waals surface area contributed by atoms with E-state index in [4.69, 9.17) is 0 Å². The highest BCUT2D eigenvalue weighted by molar-refractivity contribution is 4.91. The molecule has 0 aliphatic carbocycles. The van der Waals surface area contributed by atoms with Crippen LogP contribution in [0.15, 0.2) is 0 Å². The molecule has 0 saturated carbocycles. The average molecular weight is 214 g/mol. The van der Waals surface area contributed by atoms with Crippen molar-refractivity contribution in [1.29, 1.82) is 0 Å². The Labute approximate surface area is 92.4 Å². The Morgan fingerprint density at radius 3 is 2.53 bits per heavy atom. The smallest absolute Gasteiger partial charge is 0.103 e. The van der Waals surface area contributed by atoms with E-state index < -0.39 is 6.17 Å². The lowest BCUT2D eigenvalue weighted by molar-refractivity contribution is -0.0123. The van der Waals surface area contributed by atoms with Crippen LogP contribution in [0.4, 0.5) is 4.39 Å². The SMILES string of the molecule is CC(C)(C)N1CCN2CCC(F)CC2C1. The Bertz CT molecular complexity index is 224. The summed E-state index contributed by atoms with van der Waals surface area (Å²) in [5, 5.41) is 0. The van der Waals surface area contributed by atoms with Crippen molar-refractivity contribution >= 4 is 0 Å². The molecule has 0 N–H and O–H groups in total. The van der Waals surface area contributed by atoms with Crippen LogP contribution in [0, 0.1) is 0 Å². The van der Waals surface area contributed by atoms with E-state index in [0.717, 1.165) is 39.0 Å². The van der Waals surface area contributed by atoms with Gasteiger partial charge in [-0.25, -0.2) is 4.39 Å². The Morgan fingerprint density at radius 2 is 1.87 bits per heavy atom. The summed E-state index contributed by atoms with van der Waals surface area (Å²) in [7, 11) is 0. The van der Waals surface area contributed by atoms with Crippen molar-refractivity contribution in [3.8, 4) is 0 Å². The highest BCUT2D eigenvalue weighted by Crippen LogP contribution is 2.26. The predicted molar refractivity (Wildman–Crippen MR) is 60.8 cm³/mol. The van der Waals surface area contributed by atoms with E-state index >= 15 is 0 Å². The topological polar surface area (TPSA) is 6.48 Å². The van der Waals surface area contributed by atoms with Crippen molar-refractivity contribution in [2.45, 2.75) is 51.4 Å². The average Bonchev–Trinajstić information content (AvgIpc) is 2.15. The van der Waals surface area contributed by atoms with Crippen LogP contribution >= 0.6 is 0 Å². The molecule has 2 fully saturated rings. The molecule has 0 bridgehead atoms. The van der Waals surface area contributed by atoms with Gasteiger partial charge in [0.15, 0.2) is 0 Å². The van der Waals surface area contributed by atoms with Crippen molar-refractivity contribution in [1.82, 2.24) is 9.80 Å². The maximum absolute atomic E-state index is 13.3. The number of rotatable bonds is 0. The third kappa shape index (κ3) is 2.51. The molecule has 0 amide bonds. The van der Waals surface area contributed by atoms with Gasteiger partial charge in [-0.3, -0.25) is 9.80 Å². The highest BCUT2D eigenvalue weighted by atomic mass is 19.1. The van der Waals surface area contributed by atoms with E-state index in [-0.39, 0.29) is 5.54 Å². The van der Waals surface area contributed by atoms with Crippen molar-refractivity contribution < 1.29 is 4.39 Å². The van der Waals surface area contributed by atoms with Crippen molar-refractivity contribution in [3.05, 3.63) is 0 Å². The first-order valence-corrected chi connectivity index (χ1v) is 6.10. The van der Waals surface area contributed by atoms with Gasteiger partial charge in [0, 0.05) is 37.8 Å². The van der Waals surface area contributed by atoms with E-state index in [1.54, 1.807) is 0 Å². The summed E-state index contributed by atoms with van der Waals surface area (Å²) < 4.78 is 13.3. The van der Waals surface area contributed by atoms with E-state index in [1.807, 2.05) is 0 Å². The molecule has 15 heavy (non-hydrogen) atoms. The number of halogens is 1. The number of alkyl halides is 1. The summed E-state index contributed by atoms with van der Waals surface area (Å²) in [5.74, 6) is 0. The molecule has 0 radical (unpaired) electrons. The fraction of sp³-hybridized carbons (Fsp3) is 1.00. The van der Waals surface area contributed by atoms with E-state index in [9.17, 15) is 4.39 Å². The molecular formula is C12H23FN2. The second kappa shape index (κ2) is 4.02. The van der Waals surface area contributed by atoms with E-state index in [1.165, 1.54) is 0 Å². The minimum atomic E-state index is -0.564. The monoisotopic (exact) mass is 214 g/mol. The molecule has 2 nitrogen and oxygen atoms in total. The van der Waals surface area contributed by atoms with Gasteiger partial charge >= 0.3 is 0 Å². The Morgan fingerprint density at radius 1 is 1.13 bits per heavy atom. The highest BCUT2D eigenvalue weighted by Gasteiger charge is 2.36. The van der Waals surface area contributed by atoms with Crippen LogP contribution in [0.25, 0.3) is 0 Å². The van der Waals surface area contributed by atoms with Gasteiger partial charge in [0.1, 0.15) is 6.17 Å². The number of piperazine rings is 1. The molecule has 2 rings (SSSR count). The second-order valence-electron chi connectivity index (χ2n) is 5.93. The number of hydrogen-bond acceptors (Lipinski definition) is 2. The Balaban J connectivity index is 1.97. The molecule has 0 spiro atoms. The molecule has 2 saturated heterocycles. The molecule has 88 valence electrons. The van der Waals surface area contributed by atoms with Gasteiger partial charge in [0.25, 0.3) is 0 Å². The summed E-state index contributed by atoms with van der Waals surface area (Å²) in [4.78, 5) is 4.96. The third-order valence-corrected chi connectivity index (χ3v) is 3.81. The normalized spacial score (nSPS) is 35.2. The second-order valence-corrected chi connectivity index (χ2v) is 5.93. The fourth-order valence-electron chi connectivity index (χ4n) is 2.74. The number of nitrogens with zero attached hydrogens (tertiary/aromatic N) is 2. The number of piperidine rings is 1. The quantitative estimate of drug-likeness (QED) is 0.608. The lowest BCUT2D eigenvalue weighted by Crippen LogP contribution is -2.60. The molecule has 2 atom stereocenters. The van der Waals surface area contributed by atoms with Crippen molar-refractivity contribution in [2.75, 3.05) is 26.2 Å². The van der Waals surface area contributed by atoms with Crippen LogP contribution in [0.5, 0.6) is 0 Å². The van der Waals surface area contributed by atoms with Crippen LogP contribution in [0.3, 0.4) is 0 Å². The summed E-state index contributed by atoms with van der Waals surface area (Å²) in [6, 6.07) is 0.460. The molecular weight excluding hydrogens is 191 g/mol. The molecule has 2 aliphatic rings. The van der Waals surface area contributed by atoms with Gasteiger partial charge in [-0.05, 0) is 33.6 Å². The van der Waals surface area contributed by atoms with Gasteiger partial charge < -0.3 is 0 Å². The number of hydrogen-bond donors (Lipinski definition) is 0. The summed E-state index contributed by atoms with van der Waals surface area (Å²) in [5.41, 5.74) is 0.231. The van der Waals surface area contributed by atoms with Crippen LogP contribution < -0.4 is 0 Å². The molecule has 0 aromatic heterocycles. The van der Waals surface area contributed by atoms with Crippen LogP contribution in [0.2, 0.25) is 0 Å². The van der Waals surface area contributed by atoms with Crippen LogP contribution in [0.1, 0.15) is 33.6 Å². The zero-order valence-electron chi connectivity index (χ0n) is 10.2. The van der Waals surface area contributed by atoms with Gasteiger partial charge in [0.2, 0.25) is 0 Å². The van der Waals surface area contributed by atoms with Crippen molar-refractivity contribution in [3.63, 3.8) is 0 Å². The van der Waals surface area contributed by atoms with Gasteiger partial charge in [-0.2, -0.15) is 0 Å². The van der Waals surface area contributed by atoms with E-state index in [0.29, 0.717) is 6.04 Å². The molecule has 0 aromatic rings. The fourth-order valence-corrected chi connectivity index (χ4v) is 2.74. The van der Waals surface area contributed by atoms with Crippen LogP contribution in [-0.4, -0.2) is 53.7 Å². The minimum Gasteiger partial charge on any atom is -0.298 e. The Hall–Kier alpha value is -0.150. The van der Waals surface area contributed by atoms with Gasteiger partial charge in [-0.15, -0.1) is 0 Å². The molecule has 2 aliphatic heterocycles. The first-order valence-electron chi connectivity index (χ1n) is 6.10. The molecule has 3 heteroatoms. The lowest BCUT2D eigenvalue weighted by Gasteiger charge is -2.49. The largest absolute Gasteiger partial charge is 0.298 e. The van der Waals surface area contributed by atoms with Gasteiger partial charge in [-0.1, -0.05) is 0 Å². The standard InChI is InChI=1S/C12H23FN2/c1-12(2,3)15-7-6-14-5-4-10(13)8-11(14)9-15/h10-11H,4-9H2,1-3H3. The third-order valence-electron chi connectivity index (χ3n) is 3.81. The predicted octanol–water partition coefficient (Wildman–Crippen LogP) is 1.90. The summed E-state index contributed by atoms with van der Waals surface area (Å²) in [6.45, 7) is 11.0. The summed E-state index contributed by atoms with van der Waals surface area (Å²) >= 11 is 0. The van der Waals surface area contributed by atoms with Crippen LogP contribution in [-0.2, 0) is 0 Å². The maximum Gasteiger partial charge on any atom is 0.103 e. The van der Waals surface area contributed by atoms with Crippen molar-refractivity contribution in [2.24, 2.45) is 0 Å². The first-order chi connectivity index (χ1) is 6.97. The summed E-state index contributed by atoms with van der Waals surface area (Å²) in [6.07, 6.45) is 0.921. The minimum absolute atomic E-state index is 0.231. The molecule has 2 heterocycles. The molecule has 0 aromatic carbocycles. The molecule has 2 unspecified atom stereocenters. The van der Waals surface area contributed by atoms with Gasteiger partial charge in [0.05, 0.1) is 0 Å².